The van der Waals surface area contributed by atoms with Gasteiger partial charge in [0, 0.05) is 0 Å². The minimum absolute atomic E-state index is 0.217. The van der Waals surface area contributed by atoms with Gasteiger partial charge in [-0.2, -0.15) is 0 Å². The molecule has 0 heterocycles. The van der Waals surface area contributed by atoms with Crippen molar-refractivity contribution in [1.29, 1.82) is 0 Å². The molecule has 0 N–H and O–H groups in total. The summed E-state index contributed by atoms with van der Waals surface area (Å²) in [4.78, 5) is 0. The fourth-order valence-electron chi connectivity index (χ4n) is 2.85. The van der Waals surface area contributed by atoms with E-state index in [2.05, 4.69) is 97.0 Å². The first-order valence-corrected chi connectivity index (χ1v) is 8.79. The summed E-state index contributed by atoms with van der Waals surface area (Å²) < 4.78 is 0. The Morgan fingerprint density at radius 1 is 0.696 bits per heavy atom. The summed E-state index contributed by atoms with van der Waals surface area (Å²) in [5.74, 6) is 0.630. The molecule has 0 aliphatic heterocycles. The lowest BCUT2D eigenvalue weighted by Gasteiger charge is -2.30. The maximum atomic E-state index is 2.33. The van der Waals surface area contributed by atoms with Crippen LogP contribution < -0.4 is 0 Å². The van der Waals surface area contributed by atoms with Crippen LogP contribution in [0.25, 0.3) is 11.1 Å². The molecular weight excluding hydrogens is 276 g/mol. The van der Waals surface area contributed by atoms with Crippen molar-refractivity contribution in [3.63, 3.8) is 0 Å². The van der Waals surface area contributed by atoms with Crippen LogP contribution in [-0.4, -0.2) is 0 Å². The van der Waals surface area contributed by atoms with Gasteiger partial charge in [-0.15, -0.1) is 0 Å². The van der Waals surface area contributed by atoms with Gasteiger partial charge in [-0.05, 0) is 45.4 Å². The first kappa shape index (κ1) is 17.8. The van der Waals surface area contributed by atoms with Crippen molar-refractivity contribution in [3.8, 4) is 11.1 Å². The second-order valence-corrected chi connectivity index (χ2v) is 8.89. The Hall–Kier alpha value is -1.56. The monoisotopic (exact) mass is 308 g/mol. The summed E-state index contributed by atoms with van der Waals surface area (Å²) in [6, 6.07) is 18.2. The van der Waals surface area contributed by atoms with Gasteiger partial charge in [-0.25, -0.2) is 0 Å². The van der Waals surface area contributed by atoms with Crippen molar-refractivity contribution >= 4 is 0 Å². The Labute approximate surface area is 143 Å². The standard InChI is InChI=1S/C23H32/c1-17(2)23(6,7)21-14-12-20(13-15-21)19-10-8-18(9-11-19)16-22(3,4)5/h8-15,17H,16H2,1-7H3. The zero-order valence-corrected chi connectivity index (χ0v) is 15.9. The van der Waals surface area contributed by atoms with Crippen molar-refractivity contribution in [2.24, 2.45) is 11.3 Å². The molecule has 0 spiro atoms. The molecule has 0 saturated heterocycles. The van der Waals surface area contributed by atoms with Gasteiger partial charge in [-0.3, -0.25) is 0 Å². The predicted octanol–water partition coefficient (Wildman–Crippen LogP) is 6.88. The van der Waals surface area contributed by atoms with Crippen LogP contribution in [0.2, 0.25) is 0 Å². The van der Waals surface area contributed by atoms with Crippen LogP contribution in [0.4, 0.5) is 0 Å². The molecule has 0 atom stereocenters. The average Bonchev–Trinajstić information content (AvgIpc) is 2.46. The van der Waals surface area contributed by atoms with E-state index >= 15 is 0 Å². The molecule has 0 unspecified atom stereocenters. The van der Waals surface area contributed by atoms with E-state index in [-0.39, 0.29) is 5.41 Å². The number of rotatable bonds is 4. The molecule has 0 aliphatic rings. The topological polar surface area (TPSA) is 0 Å². The van der Waals surface area contributed by atoms with Crippen LogP contribution in [0, 0.1) is 11.3 Å². The Bertz CT molecular complexity index is 619. The van der Waals surface area contributed by atoms with E-state index in [4.69, 9.17) is 0 Å². The lowest BCUT2D eigenvalue weighted by atomic mass is 9.75. The molecule has 23 heavy (non-hydrogen) atoms. The lowest BCUT2D eigenvalue weighted by Crippen LogP contribution is -2.24. The molecule has 0 saturated carbocycles. The van der Waals surface area contributed by atoms with E-state index < -0.39 is 0 Å². The Kier molecular flexibility index (Phi) is 5.04. The molecule has 0 aliphatic carbocycles. The SMILES string of the molecule is CC(C)C(C)(C)c1ccc(-c2ccc(CC(C)(C)C)cc2)cc1. The van der Waals surface area contributed by atoms with Gasteiger partial charge >= 0.3 is 0 Å². The van der Waals surface area contributed by atoms with E-state index in [1.165, 1.54) is 22.3 Å². The Morgan fingerprint density at radius 2 is 1.13 bits per heavy atom. The minimum Gasteiger partial charge on any atom is -0.0619 e. The number of hydrogen-bond donors (Lipinski definition) is 0. The maximum absolute atomic E-state index is 2.33. The van der Waals surface area contributed by atoms with Crippen LogP contribution in [0.15, 0.2) is 48.5 Å². The first-order chi connectivity index (χ1) is 10.6. The largest absolute Gasteiger partial charge is 0.0619 e. The Morgan fingerprint density at radius 3 is 1.52 bits per heavy atom. The molecule has 0 fully saturated rings. The molecule has 0 heteroatoms. The van der Waals surface area contributed by atoms with Crippen LogP contribution >= 0.6 is 0 Å². The predicted molar refractivity (Wildman–Crippen MR) is 103 cm³/mol. The van der Waals surface area contributed by atoms with Crippen LogP contribution in [0.1, 0.15) is 59.6 Å². The second kappa shape index (κ2) is 6.51. The third kappa shape index (κ3) is 4.47. The fourth-order valence-corrected chi connectivity index (χ4v) is 2.85. The van der Waals surface area contributed by atoms with Crippen LogP contribution in [0.5, 0.6) is 0 Å². The van der Waals surface area contributed by atoms with Crippen LogP contribution in [0.3, 0.4) is 0 Å². The molecule has 0 bridgehead atoms. The third-order valence-electron chi connectivity index (χ3n) is 5.09. The summed E-state index contributed by atoms with van der Waals surface area (Å²) >= 11 is 0. The number of hydrogen-bond acceptors (Lipinski definition) is 0. The molecule has 2 aromatic carbocycles. The fraction of sp³-hybridized carbons (Fsp3) is 0.478. The lowest BCUT2D eigenvalue weighted by molar-refractivity contribution is 0.372. The Balaban J connectivity index is 2.20. The summed E-state index contributed by atoms with van der Waals surface area (Å²) in [6.45, 7) is 16.1. The summed E-state index contributed by atoms with van der Waals surface area (Å²) in [5, 5.41) is 0. The van der Waals surface area contributed by atoms with Gasteiger partial charge in [0.15, 0.2) is 0 Å². The molecule has 124 valence electrons. The summed E-state index contributed by atoms with van der Waals surface area (Å²) in [6.07, 6.45) is 1.12. The van der Waals surface area contributed by atoms with Gasteiger partial charge < -0.3 is 0 Å². The van der Waals surface area contributed by atoms with Gasteiger partial charge in [0.05, 0.1) is 0 Å². The molecule has 2 aromatic rings. The van der Waals surface area contributed by atoms with E-state index in [0.717, 1.165) is 6.42 Å². The van der Waals surface area contributed by atoms with E-state index in [1.807, 2.05) is 0 Å². The highest BCUT2D eigenvalue weighted by Crippen LogP contribution is 2.33. The molecule has 0 nitrogen and oxygen atoms in total. The van der Waals surface area contributed by atoms with E-state index in [1.54, 1.807) is 0 Å². The average molecular weight is 309 g/mol. The highest BCUT2D eigenvalue weighted by molar-refractivity contribution is 5.64. The van der Waals surface area contributed by atoms with Crippen molar-refractivity contribution in [3.05, 3.63) is 59.7 Å². The minimum atomic E-state index is 0.217. The maximum Gasteiger partial charge on any atom is -0.00806 e. The van der Waals surface area contributed by atoms with Crippen LogP contribution in [-0.2, 0) is 11.8 Å². The van der Waals surface area contributed by atoms with Crippen molar-refractivity contribution < 1.29 is 0 Å². The van der Waals surface area contributed by atoms with Crippen molar-refractivity contribution in [1.82, 2.24) is 0 Å². The van der Waals surface area contributed by atoms with E-state index in [9.17, 15) is 0 Å². The highest BCUT2D eigenvalue weighted by atomic mass is 14.3. The summed E-state index contributed by atoms with van der Waals surface area (Å²) in [7, 11) is 0. The molecule has 0 radical (unpaired) electrons. The smallest absolute Gasteiger partial charge is 0.00806 e. The quantitative estimate of drug-likeness (QED) is 0.577. The van der Waals surface area contributed by atoms with Crippen molar-refractivity contribution in [2.45, 2.75) is 60.3 Å². The van der Waals surface area contributed by atoms with Gasteiger partial charge in [0.2, 0.25) is 0 Å². The van der Waals surface area contributed by atoms with Gasteiger partial charge in [0.1, 0.15) is 0 Å². The zero-order valence-electron chi connectivity index (χ0n) is 15.9. The second-order valence-electron chi connectivity index (χ2n) is 8.89. The molecule has 0 amide bonds. The third-order valence-corrected chi connectivity index (χ3v) is 5.09. The van der Waals surface area contributed by atoms with Crippen molar-refractivity contribution in [2.75, 3.05) is 0 Å². The normalized spacial score (nSPS) is 12.7. The van der Waals surface area contributed by atoms with E-state index in [0.29, 0.717) is 11.3 Å². The van der Waals surface area contributed by atoms with Gasteiger partial charge in [-0.1, -0.05) is 97.0 Å². The summed E-state index contributed by atoms with van der Waals surface area (Å²) in [5.41, 5.74) is 5.99. The number of benzene rings is 2. The molecule has 2 rings (SSSR count). The first-order valence-electron chi connectivity index (χ1n) is 8.79. The van der Waals surface area contributed by atoms with Gasteiger partial charge in [0.25, 0.3) is 0 Å². The molecule has 0 aromatic heterocycles. The highest BCUT2D eigenvalue weighted by Gasteiger charge is 2.24. The zero-order chi connectivity index (χ0) is 17.3. The molecular formula is C23H32.